The minimum atomic E-state index is -0.710. The predicted octanol–water partition coefficient (Wildman–Crippen LogP) is 2.75. The molecule has 0 aromatic carbocycles. The summed E-state index contributed by atoms with van der Waals surface area (Å²) in [5, 5.41) is 15.5. The van der Waals surface area contributed by atoms with E-state index in [1.165, 1.54) is 12.8 Å². The van der Waals surface area contributed by atoms with Crippen LogP contribution in [0.4, 0.5) is 0 Å². The Balaban J connectivity index is 2.23. The van der Waals surface area contributed by atoms with Gasteiger partial charge in [-0.25, -0.2) is 0 Å². The van der Waals surface area contributed by atoms with E-state index in [2.05, 4.69) is 40.0 Å². The Morgan fingerprint density at radius 1 is 1.32 bits per heavy atom. The summed E-state index contributed by atoms with van der Waals surface area (Å²) in [5.41, 5.74) is 0.259. The maximum Gasteiger partial charge on any atom is 0.107 e. The van der Waals surface area contributed by atoms with Gasteiger partial charge in [-0.3, -0.25) is 4.68 Å². The molecule has 0 unspecified atom stereocenters. The van der Waals surface area contributed by atoms with E-state index >= 15 is 0 Å². The van der Waals surface area contributed by atoms with E-state index < -0.39 is 5.60 Å². The molecule has 0 aliphatic heterocycles. The minimum absolute atomic E-state index is 0.710. The summed E-state index contributed by atoms with van der Waals surface area (Å²) in [7, 11) is 4.11. The van der Waals surface area contributed by atoms with Crippen molar-refractivity contribution in [3.8, 4) is 0 Å². The van der Waals surface area contributed by atoms with Crippen LogP contribution >= 0.6 is 15.9 Å². The zero-order valence-electron chi connectivity index (χ0n) is 11.9. The molecule has 1 saturated carbocycles. The lowest BCUT2D eigenvalue weighted by atomic mass is 9.91. The van der Waals surface area contributed by atoms with Gasteiger partial charge in [-0.1, -0.05) is 25.7 Å². The van der Waals surface area contributed by atoms with E-state index in [1.54, 1.807) is 0 Å². The Morgan fingerprint density at radius 2 is 1.95 bits per heavy atom. The lowest BCUT2D eigenvalue weighted by molar-refractivity contribution is 0.0108. The van der Waals surface area contributed by atoms with Gasteiger partial charge in [0.15, 0.2) is 0 Å². The van der Waals surface area contributed by atoms with E-state index in [0.29, 0.717) is 0 Å². The van der Waals surface area contributed by atoms with Crippen molar-refractivity contribution in [3.05, 3.63) is 16.4 Å². The molecule has 0 atom stereocenters. The van der Waals surface area contributed by atoms with Gasteiger partial charge in [-0.2, -0.15) is 5.10 Å². The molecule has 19 heavy (non-hydrogen) atoms. The van der Waals surface area contributed by atoms with Crippen molar-refractivity contribution in [3.63, 3.8) is 0 Å². The van der Waals surface area contributed by atoms with Crippen LogP contribution in [0.15, 0.2) is 10.7 Å². The van der Waals surface area contributed by atoms with E-state index in [1.807, 2.05) is 10.9 Å². The fourth-order valence-corrected chi connectivity index (χ4v) is 3.50. The molecule has 1 aliphatic carbocycles. The van der Waals surface area contributed by atoms with Crippen LogP contribution in [-0.2, 0) is 12.1 Å². The van der Waals surface area contributed by atoms with Crippen LogP contribution in [0, 0.1) is 0 Å². The Hall–Kier alpha value is -0.390. The molecule has 0 saturated heterocycles. The number of likely N-dealkylation sites (N-methyl/N-ethyl adjacent to an activating group) is 1. The summed E-state index contributed by atoms with van der Waals surface area (Å²) in [5.74, 6) is 0. The normalized spacial score (nSPS) is 19.6. The fraction of sp³-hybridized carbons (Fsp3) is 0.786. The van der Waals surface area contributed by atoms with E-state index in [0.717, 1.165) is 48.9 Å². The first-order valence-corrected chi connectivity index (χ1v) is 7.91. The molecule has 2 rings (SSSR count). The average molecular weight is 330 g/mol. The van der Waals surface area contributed by atoms with Crippen molar-refractivity contribution in [2.24, 2.45) is 0 Å². The van der Waals surface area contributed by atoms with Gasteiger partial charge in [0.2, 0.25) is 0 Å². The zero-order chi connectivity index (χ0) is 13.9. The molecular weight excluding hydrogens is 306 g/mol. The molecule has 1 aliphatic rings. The van der Waals surface area contributed by atoms with Gasteiger partial charge < -0.3 is 10.0 Å². The summed E-state index contributed by atoms with van der Waals surface area (Å²) in [6.07, 6.45) is 8.16. The van der Waals surface area contributed by atoms with Crippen LogP contribution < -0.4 is 0 Å². The van der Waals surface area contributed by atoms with Gasteiger partial charge in [0.05, 0.1) is 22.9 Å². The molecule has 1 N–H and O–H groups in total. The molecule has 0 spiro atoms. The van der Waals surface area contributed by atoms with Gasteiger partial charge in [0, 0.05) is 6.54 Å². The van der Waals surface area contributed by atoms with Crippen LogP contribution in [0.25, 0.3) is 0 Å². The lowest BCUT2D eigenvalue weighted by Gasteiger charge is -2.28. The van der Waals surface area contributed by atoms with Gasteiger partial charge in [0.1, 0.15) is 5.60 Å². The number of halogens is 1. The maximum atomic E-state index is 11.0. The summed E-state index contributed by atoms with van der Waals surface area (Å²) in [6.45, 7) is 1.74. The average Bonchev–Trinajstić information content (AvgIpc) is 2.58. The molecule has 4 nitrogen and oxygen atoms in total. The molecule has 1 aromatic heterocycles. The topological polar surface area (TPSA) is 41.3 Å². The first kappa shape index (κ1) is 15.0. The summed E-state index contributed by atoms with van der Waals surface area (Å²) >= 11 is 3.56. The number of aliphatic hydroxyl groups is 1. The molecule has 108 valence electrons. The SMILES string of the molecule is CN(C)CCn1ncc(Br)c1C1(O)CCCCCC1. The largest absolute Gasteiger partial charge is 0.384 e. The monoisotopic (exact) mass is 329 g/mol. The van der Waals surface area contributed by atoms with Crippen LogP contribution in [0.2, 0.25) is 0 Å². The van der Waals surface area contributed by atoms with E-state index in [9.17, 15) is 5.11 Å². The summed E-state index contributed by atoms with van der Waals surface area (Å²) < 4.78 is 2.91. The first-order valence-electron chi connectivity index (χ1n) is 7.12. The molecule has 0 amide bonds. The molecule has 5 heteroatoms. The Labute approximate surface area is 123 Å². The number of hydrogen-bond acceptors (Lipinski definition) is 3. The van der Waals surface area contributed by atoms with Crippen LogP contribution in [0.1, 0.15) is 44.2 Å². The van der Waals surface area contributed by atoms with Gasteiger partial charge in [0.25, 0.3) is 0 Å². The molecule has 0 bridgehead atoms. The Kier molecular flexibility index (Phi) is 5.03. The minimum Gasteiger partial charge on any atom is -0.384 e. The summed E-state index contributed by atoms with van der Waals surface area (Å²) in [6, 6.07) is 0. The van der Waals surface area contributed by atoms with Gasteiger partial charge >= 0.3 is 0 Å². The third-order valence-electron chi connectivity index (χ3n) is 3.93. The second-order valence-corrected chi connectivity index (χ2v) is 6.67. The molecule has 1 fully saturated rings. The zero-order valence-corrected chi connectivity index (χ0v) is 13.5. The second-order valence-electron chi connectivity index (χ2n) is 5.81. The van der Waals surface area contributed by atoms with Crippen LogP contribution in [0.3, 0.4) is 0 Å². The maximum absolute atomic E-state index is 11.0. The highest BCUT2D eigenvalue weighted by molar-refractivity contribution is 9.10. The third-order valence-corrected chi connectivity index (χ3v) is 4.51. The molecule has 1 aromatic rings. The highest BCUT2D eigenvalue weighted by Gasteiger charge is 2.35. The van der Waals surface area contributed by atoms with Gasteiger partial charge in [-0.05, 0) is 42.9 Å². The predicted molar refractivity (Wildman–Crippen MR) is 80.1 cm³/mol. The van der Waals surface area contributed by atoms with Crippen LogP contribution in [0.5, 0.6) is 0 Å². The highest BCUT2D eigenvalue weighted by Crippen LogP contribution is 2.39. The highest BCUT2D eigenvalue weighted by atomic mass is 79.9. The third kappa shape index (κ3) is 3.58. The van der Waals surface area contributed by atoms with Crippen molar-refractivity contribution in [2.75, 3.05) is 20.6 Å². The first-order chi connectivity index (χ1) is 9.03. The fourth-order valence-electron chi connectivity index (χ4n) is 2.84. The Morgan fingerprint density at radius 3 is 2.53 bits per heavy atom. The number of nitrogens with zero attached hydrogens (tertiary/aromatic N) is 3. The van der Waals surface area contributed by atoms with Crippen molar-refractivity contribution in [2.45, 2.75) is 50.7 Å². The number of aromatic nitrogens is 2. The van der Waals surface area contributed by atoms with Crippen molar-refractivity contribution < 1.29 is 5.11 Å². The van der Waals surface area contributed by atoms with Gasteiger partial charge in [-0.15, -0.1) is 0 Å². The lowest BCUT2D eigenvalue weighted by Crippen LogP contribution is -2.31. The number of hydrogen-bond donors (Lipinski definition) is 1. The number of rotatable bonds is 4. The second kappa shape index (κ2) is 6.37. The van der Waals surface area contributed by atoms with Crippen molar-refractivity contribution in [1.29, 1.82) is 0 Å². The van der Waals surface area contributed by atoms with Crippen molar-refractivity contribution >= 4 is 15.9 Å². The van der Waals surface area contributed by atoms with Crippen molar-refractivity contribution in [1.82, 2.24) is 14.7 Å². The smallest absolute Gasteiger partial charge is 0.107 e. The quantitative estimate of drug-likeness (QED) is 0.863. The van der Waals surface area contributed by atoms with E-state index in [4.69, 9.17) is 0 Å². The standard InChI is InChI=1S/C14H24BrN3O/c1-17(2)9-10-18-13(12(15)11-16-18)14(19)7-5-3-4-6-8-14/h11,19H,3-10H2,1-2H3. The Bertz CT molecular complexity index is 409. The van der Waals surface area contributed by atoms with Crippen LogP contribution in [-0.4, -0.2) is 40.4 Å². The molecule has 1 heterocycles. The van der Waals surface area contributed by atoms with E-state index in [-0.39, 0.29) is 0 Å². The molecule has 0 radical (unpaired) electrons. The molecular formula is C14H24BrN3O. The summed E-state index contributed by atoms with van der Waals surface area (Å²) in [4.78, 5) is 2.14.